The monoisotopic (exact) mass is 567 g/mol. The molecule has 1 aliphatic carbocycles. The minimum atomic E-state index is 0.346. The fourth-order valence-corrected chi connectivity index (χ4v) is 11.7. The molecule has 0 saturated heterocycles. The van der Waals surface area contributed by atoms with Crippen LogP contribution in [0.4, 0.5) is 0 Å². The van der Waals surface area contributed by atoms with E-state index >= 15 is 0 Å². The second kappa shape index (κ2) is 7.51. The van der Waals surface area contributed by atoms with Crippen molar-refractivity contribution in [1.29, 1.82) is 0 Å². The van der Waals surface area contributed by atoms with E-state index in [0.29, 0.717) is 36.6 Å². The summed E-state index contributed by atoms with van der Waals surface area (Å²) in [6, 6.07) is 32.7. The number of fused-ring (bicyclic) bond motifs is 7. The molecule has 8 rings (SSSR count). The molecule has 0 fully saturated rings. The maximum absolute atomic E-state index is 2.63. The SMILES string of the molecule is c1ccc2c(c1)[Se]c1cc(-n3c4c(c5ccccc53)CCCC4)cc3c1B2c1ccccc1[Se]3. The first-order valence-corrected chi connectivity index (χ1v) is 15.6. The van der Waals surface area contributed by atoms with Crippen LogP contribution in [0.3, 0.4) is 0 Å². The number of nitrogens with zero attached hydrogens (tertiary/aromatic N) is 1. The van der Waals surface area contributed by atoms with Gasteiger partial charge in [-0.15, -0.1) is 0 Å². The van der Waals surface area contributed by atoms with Crippen molar-refractivity contribution < 1.29 is 0 Å². The van der Waals surface area contributed by atoms with Gasteiger partial charge in [0, 0.05) is 0 Å². The molecule has 2 aliphatic heterocycles. The van der Waals surface area contributed by atoms with E-state index in [1.165, 1.54) is 53.2 Å². The molecule has 0 unspecified atom stereocenters. The van der Waals surface area contributed by atoms with E-state index in [1.807, 2.05) is 0 Å². The van der Waals surface area contributed by atoms with E-state index in [-0.39, 0.29) is 0 Å². The standard InChI is InChI=1S/C30H22BNSe2/c1-5-13-24-20(9-1)21-10-2-6-14-25(21)32(24)19-17-28-30-29(18-19)34-27-16-8-4-12-23(27)31(30)22-11-3-7-15-26(22)33-28/h1,3-5,7-9,11-13,15-18H,2,6,10,14H2. The summed E-state index contributed by atoms with van der Waals surface area (Å²) in [5, 5.41) is 1.47. The summed E-state index contributed by atoms with van der Waals surface area (Å²) in [6.07, 6.45) is 5.04. The molecule has 1 aromatic heterocycles. The normalized spacial score (nSPS) is 15.5. The summed E-state index contributed by atoms with van der Waals surface area (Å²) in [5.41, 5.74) is 10.7. The van der Waals surface area contributed by atoms with Gasteiger partial charge in [-0.25, -0.2) is 0 Å². The first-order valence-electron chi connectivity index (χ1n) is 12.2. The Kier molecular flexibility index (Phi) is 4.37. The van der Waals surface area contributed by atoms with Crippen LogP contribution < -0.4 is 34.2 Å². The van der Waals surface area contributed by atoms with E-state index in [2.05, 4.69) is 89.5 Å². The van der Waals surface area contributed by atoms with E-state index in [0.717, 1.165) is 0 Å². The predicted octanol–water partition coefficient (Wildman–Crippen LogP) is 0.962. The van der Waals surface area contributed by atoms with E-state index in [4.69, 9.17) is 0 Å². The third-order valence-corrected chi connectivity index (χ3v) is 12.5. The Hall–Kier alpha value is -2.48. The molecule has 1 nitrogen and oxygen atoms in total. The summed E-state index contributed by atoms with van der Waals surface area (Å²) in [7, 11) is 0. The molecule has 34 heavy (non-hydrogen) atoms. The molecule has 0 atom stereocenters. The van der Waals surface area contributed by atoms with E-state index in [1.54, 1.807) is 34.6 Å². The first-order chi connectivity index (χ1) is 16.9. The van der Waals surface area contributed by atoms with Gasteiger partial charge in [-0.05, 0) is 0 Å². The van der Waals surface area contributed by atoms with Crippen LogP contribution in [0.5, 0.6) is 0 Å². The summed E-state index contributed by atoms with van der Waals surface area (Å²) >= 11 is 0.692. The second-order valence-corrected chi connectivity index (χ2v) is 14.1. The Labute approximate surface area is 213 Å². The fraction of sp³-hybridized carbons (Fsp3) is 0.133. The van der Waals surface area contributed by atoms with Crippen LogP contribution in [0, 0.1) is 0 Å². The number of aromatic nitrogens is 1. The van der Waals surface area contributed by atoms with Gasteiger partial charge in [0.05, 0.1) is 0 Å². The molecule has 162 valence electrons. The van der Waals surface area contributed by atoms with Crippen LogP contribution in [0.25, 0.3) is 16.6 Å². The van der Waals surface area contributed by atoms with Gasteiger partial charge in [0.2, 0.25) is 0 Å². The van der Waals surface area contributed by atoms with Crippen LogP contribution >= 0.6 is 0 Å². The summed E-state index contributed by atoms with van der Waals surface area (Å²) in [4.78, 5) is 0. The molecule has 0 N–H and O–H groups in total. The van der Waals surface area contributed by atoms with Crippen molar-refractivity contribution >= 4 is 81.8 Å². The molecule has 3 aliphatic rings. The van der Waals surface area contributed by atoms with Gasteiger partial charge in [0.25, 0.3) is 0 Å². The quantitative estimate of drug-likeness (QED) is 0.262. The van der Waals surface area contributed by atoms with Gasteiger partial charge in [-0.2, -0.15) is 0 Å². The molecule has 3 heterocycles. The van der Waals surface area contributed by atoms with E-state index < -0.39 is 0 Å². The second-order valence-electron chi connectivity index (χ2n) is 9.55. The molecule has 5 aromatic rings. The molecule has 0 radical (unpaired) electrons. The van der Waals surface area contributed by atoms with Crippen molar-refractivity contribution in [3.63, 3.8) is 0 Å². The number of hydrogen-bond donors (Lipinski definition) is 0. The first kappa shape index (κ1) is 19.8. The van der Waals surface area contributed by atoms with Crippen molar-refractivity contribution in [2.75, 3.05) is 0 Å². The molecular weight excluding hydrogens is 543 g/mol. The van der Waals surface area contributed by atoms with Crippen LogP contribution in [0.2, 0.25) is 0 Å². The third kappa shape index (κ3) is 2.75. The zero-order valence-electron chi connectivity index (χ0n) is 18.8. The van der Waals surface area contributed by atoms with Gasteiger partial charge in [0.1, 0.15) is 0 Å². The molecule has 0 amide bonds. The Balaban J connectivity index is 1.42. The fourth-order valence-electron chi connectivity index (χ4n) is 6.30. The van der Waals surface area contributed by atoms with Crippen LogP contribution in [-0.4, -0.2) is 41.2 Å². The van der Waals surface area contributed by atoms with Gasteiger partial charge in [0.15, 0.2) is 0 Å². The predicted molar refractivity (Wildman–Crippen MR) is 148 cm³/mol. The van der Waals surface area contributed by atoms with Crippen LogP contribution in [0.1, 0.15) is 24.1 Å². The number of benzene rings is 4. The topological polar surface area (TPSA) is 4.93 Å². The molecule has 0 saturated carbocycles. The average molecular weight is 565 g/mol. The number of rotatable bonds is 1. The van der Waals surface area contributed by atoms with Crippen molar-refractivity contribution in [1.82, 2.24) is 4.57 Å². The van der Waals surface area contributed by atoms with Gasteiger partial charge in [-0.3, -0.25) is 0 Å². The van der Waals surface area contributed by atoms with Crippen molar-refractivity contribution in [3.8, 4) is 5.69 Å². The number of para-hydroxylation sites is 1. The Morgan fingerprint density at radius 3 is 2.00 bits per heavy atom. The Morgan fingerprint density at radius 1 is 0.647 bits per heavy atom. The maximum atomic E-state index is 2.63. The van der Waals surface area contributed by atoms with Gasteiger partial charge < -0.3 is 0 Å². The zero-order chi connectivity index (χ0) is 22.2. The zero-order valence-corrected chi connectivity index (χ0v) is 22.2. The van der Waals surface area contributed by atoms with Crippen molar-refractivity contribution in [3.05, 3.63) is 96.2 Å². The average Bonchev–Trinajstić information content (AvgIpc) is 3.23. The van der Waals surface area contributed by atoms with Crippen LogP contribution in [-0.2, 0) is 12.8 Å². The molecule has 4 aromatic carbocycles. The van der Waals surface area contributed by atoms with Crippen molar-refractivity contribution in [2.45, 2.75) is 25.7 Å². The minimum absolute atomic E-state index is 0.346. The van der Waals surface area contributed by atoms with Crippen LogP contribution in [0.15, 0.2) is 84.9 Å². The van der Waals surface area contributed by atoms with Crippen molar-refractivity contribution in [2.24, 2.45) is 0 Å². The Morgan fingerprint density at radius 2 is 1.26 bits per heavy atom. The summed E-state index contributed by atoms with van der Waals surface area (Å²) in [6.45, 7) is 0.396. The number of hydrogen-bond acceptors (Lipinski definition) is 0. The third-order valence-electron chi connectivity index (χ3n) is 7.71. The van der Waals surface area contributed by atoms with E-state index in [9.17, 15) is 0 Å². The number of aryl methyl sites for hydroxylation is 1. The van der Waals surface area contributed by atoms with Gasteiger partial charge in [-0.1, -0.05) is 0 Å². The molecular formula is C30H22BNSe2. The Bertz CT molecular complexity index is 1560. The molecule has 0 spiro atoms. The molecule has 4 heteroatoms. The summed E-state index contributed by atoms with van der Waals surface area (Å²) in [5.74, 6) is 0. The molecule has 0 bridgehead atoms. The summed E-state index contributed by atoms with van der Waals surface area (Å²) < 4.78 is 8.94. The van der Waals surface area contributed by atoms with Gasteiger partial charge >= 0.3 is 214 Å².